The number of amides is 1. The Bertz CT molecular complexity index is 664. The van der Waals surface area contributed by atoms with E-state index in [0.717, 1.165) is 23.9 Å². The van der Waals surface area contributed by atoms with Crippen molar-refractivity contribution in [3.05, 3.63) is 24.3 Å². The highest BCUT2D eigenvalue weighted by Gasteiger charge is 2.27. The third kappa shape index (κ3) is 4.19. The number of rotatable bonds is 3. The summed E-state index contributed by atoms with van der Waals surface area (Å²) in [5, 5.41) is 0. The van der Waals surface area contributed by atoms with Gasteiger partial charge in [0.05, 0.1) is 17.6 Å². The Morgan fingerprint density at radius 1 is 1.29 bits per heavy atom. The molecule has 0 radical (unpaired) electrons. The van der Waals surface area contributed by atoms with Gasteiger partial charge in [-0.1, -0.05) is 12.1 Å². The summed E-state index contributed by atoms with van der Waals surface area (Å²) in [5.74, 6) is 0.428. The van der Waals surface area contributed by atoms with Crippen molar-refractivity contribution in [3.8, 4) is 6.01 Å². The van der Waals surface area contributed by atoms with Crippen LogP contribution >= 0.6 is 0 Å². The molecule has 2 aromatic rings. The molecule has 0 saturated carbocycles. The SMILES string of the molecule is CC(C)(C)OC(=O)N1CCC(COc2nc3ccccc3[nH]2)CC1. The number of imidazole rings is 1. The first-order chi connectivity index (χ1) is 11.4. The number of nitrogens with one attached hydrogen (secondary N) is 1. The lowest BCUT2D eigenvalue weighted by molar-refractivity contribution is 0.0163. The van der Waals surface area contributed by atoms with Crippen molar-refractivity contribution in [2.45, 2.75) is 39.2 Å². The van der Waals surface area contributed by atoms with Crippen molar-refractivity contribution in [3.63, 3.8) is 0 Å². The monoisotopic (exact) mass is 331 g/mol. The molecule has 0 unspecified atom stereocenters. The summed E-state index contributed by atoms with van der Waals surface area (Å²) in [6.07, 6.45) is 1.61. The Labute approximate surface area is 142 Å². The summed E-state index contributed by atoms with van der Waals surface area (Å²) in [7, 11) is 0. The number of para-hydroxylation sites is 2. The van der Waals surface area contributed by atoms with Crippen molar-refractivity contribution >= 4 is 17.1 Å². The highest BCUT2D eigenvalue weighted by Crippen LogP contribution is 2.21. The van der Waals surface area contributed by atoms with Gasteiger partial charge in [0.1, 0.15) is 5.60 Å². The fourth-order valence-corrected chi connectivity index (χ4v) is 2.80. The van der Waals surface area contributed by atoms with Gasteiger partial charge in [-0.05, 0) is 51.7 Å². The Balaban J connectivity index is 1.46. The van der Waals surface area contributed by atoms with Gasteiger partial charge in [0.2, 0.25) is 0 Å². The molecular weight excluding hydrogens is 306 g/mol. The standard InChI is InChI=1S/C18H25N3O3/c1-18(2,3)24-17(22)21-10-8-13(9-11-21)12-23-16-19-14-6-4-5-7-15(14)20-16/h4-7,13H,8-12H2,1-3H3,(H,19,20). The number of H-pyrrole nitrogens is 1. The number of hydrogen-bond acceptors (Lipinski definition) is 4. The van der Waals surface area contributed by atoms with E-state index in [1.165, 1.54) is 0 Å². The van der Waals surface area contributed by atoms with Crippen molar-refractivity contribution in [1.29, 1.82) is 0 Å². The molecule has 1 fully saturated rings. The second kappa shape index (κ2) is 6.71. The quantitative estimate of drug-likeness (QED) is 0.933. The van der Waals surface area contributed by atoms with Gasteiger partial charge in [0.15, 0.2) is 0 Å². The predicted octanol–water partition coefficient (Wildman–Crippen LogP) is 3.59. The summed E-state index contributed by atoms with van der Waals surface area (Å²) in [6.45, 7) is 7.70. The number of fused-ring (bicyclic) bond motifs is 1. The normalized spacial score (nSPS) is 16.4. The van der Waals surface area contributed by atoms with Gasteiger partial charge in [0, 0.05) is 13.1 Å². The van der Waals surface area contributed by atoms with Crippen LogP contribution in [0.15, 0.2) is 24.3 Å². The number of aromatic amines is 1. The number of likely N-dealkylation sites (tertiary alicyclic amines) is 1. The number of nitrogens with zero attached hydrogens (tertiary/aromatic N) is 2. The number of carbonyl (C=O) groups excluding carboxylic acids is 1. The van der Waals surface area contributed by atoms with Crippen LogP contribution < -0.4 is 4.74 Å². The zero-order valence-electron chi connectivity index (χ0n) is 14.5. The highest BCUT2D eigenvalue weighted by atomic mass is 16.6. The average molecular weight is 331 g/mol. The van der Waals surface area contributed by atoms with E-state index in [9.17, 15) is 4.79 Å². The maximum absolute atomic E-state index is 12.1. The minimum Gasteiger partial charge on any atom is -0.464 e. The van der Waals surface area contributed by atoms with Crippen molar-refractivity contribution < 1.29 is 14.3 Å². The average Bonchev–Trinajstić information content (AvgIpc) is 2.94. The first kappa shape index (κ1) is 16.6. The molecule has 0 atom stereocenters. The Hall–Kier alpha value is -2.24. The summed E-state index contributed by atoms with van der Waals surface area (Å²) >= 11 is 0. The molecule has 24 heavy (non-hydrogen) atoms. The number of piperidine rings is 1. The molecule has 1 aromatic heterocycles. The number of hydrogen-bond donors (Lipinski definition) is 1. The van der Waals surface area contributed by atoms with Crippen LogP contribution in [0, 0.1) is 5.92 Å². The van der Waals surface area contributed by atoms with E-state index in [4.69, 9.17) is 9.47 Å². The third-order valence-electron chi connectivity index (χ3n) is 4.09. The lowest BCUT2D eigenvalue weighted by atomic mass is 9.98. The van der Waals surface area contributed by atoms with E-state index < -0.39 is 5.60 Å². The molecule has 0 bridgehead atoms. The second-order valence-corrected chi connectivity index (χ2v) is 7.28. The van der Waals surface area contributed by atoms with Crippen molar-refractivity contribution in [1.82, 2.24) is 14.9 Å². The maximum Gasteiger partial charge on any atom is 0.410 e. The molecule has 6 heteroatoms. The lowest BCUT2D eigenvalue weighted by Gasteiger charge is -2.33. The van der Waals surface area contributed by atoms with Crippen molar-refractivity contribution in [2.75, 3.05) is 19.7 Å². The van der Waals surface area contributed by atoms with Crippen LogP contribution in [0.3, 0.4) is 0 Å². The topological polar surface area (TPSA) is 67.4 Å². The van der Waals surface area contributed by atoms with Crippen molar-refractivity contribution in [2.24, 2.45) is 5.92 Å². The minimum atomic E-state index is -0.446. The number of carbonyl (C=O) groups is 1. The maximum atomic E-state index is 12.1. The molecule has 1 saturated heterocycles. The van der Waals surface area contributed by atoms with Crippen LogP contribution in [-0.2, 0) is 4.74 Å². The summed E-state index contributed by atoms with van der Waals surface area (Å²) in [6, 6.07) is 8.42. The first-order valence-corrected chi connectivity index (χ1v) is 8.46. The van der Waals surface area contributed by atoms with E-state index in [1.807, 2.05) is 45.0 Å². The molecule has 1 N–H and O–H groups in total. The van der Waals surface area contributed by atoms with E-state index in [0.29, 0.717) is 31.6 Å². The molecule has 1 amide bonds. The van der Waals surface area contributed by atoms with Gasteiger partial charge < -0.3 is 19.4 Å². The summed E-state index contributed by atoms with van der Waals surface area (Å²) in [5.41, 5.74) is 1.44. The smallest absolute Gasteiger partial charge is 0.410 e. The number of aromatic nitrogens is 2. The van der Waals surface area contributed by atoms with Gasteiger partial charge >= 0.3 is 6.09 Å². The van der Waals surface area contributed by atoms with Crippen LogP contribution in [0.1, 0.15) is 33.6 Å². The Kier molecular flexibility index (Phi) is 4.64. The molecule has 6 nitrogen and oxygen atoms in total. The Morgan fingerprint density at radius 2 is 2.00 bits per heavy atom. The van der Waals surface area contributed by atoms with Gasteiger partial charge in [-0.25, -0.2) is 4.79 Å². The molecule has 1 aliphatic rings. The third-order valence-corrected chi connectivity index (χ3v) is 4.09. The molecule has 1 aliphatic heterocycles. The van der Waals surface area contributed by atoms with E-state index in [2.05, 4.69) is 9.97 Å². The van der Waals surface area contributed by atoms with Gasteiger partial charge in [-0.15, -0.1) is 0 Å². The van der Waals surface area contributed by atoms with Crippen LogP contribution in [-0.4, -0.2) is 46.3 Å². The molecule has 2 heterocycles. The first-order valence-electron chi connectivity index (χ1n) is 8.46. The molecule has 0 spiro atoms. The molecular formula is C18H25N3O3. The summed E-state index contributed by atoms with van der Waals surface area (Å²) < 4.78 is 11.2. The van der Waals surface area contributed by atoms with Gasteiger partial charge in [-0.2, -0.15) is 4.98 Å². The fourth-order valence-electron chi connectivity index (χ4n) is 2.80. The highest BCUT2D eigenvalue weighted by molar-refractivity contribution is 5.75. The zero-order valence-corrected chi connectivity index (χ0v) is 14.5. The van der Waals surface area contributed by atoms with E-state index in [1.54, 1.807) is 4.90 Å². The molecule has 0 aliphatic carbocycles. The van der Waals surface area contributed by atoms with E-state index in [-0.39, 0.29) is 6.09 Å². The fraction of sp³-hybridized carbons (Fsp3) is 0.556. The second-order valence-electron chi connectivity index (χ2n) is 7.28. The van der Waals surface area contributed by atoms with Crippen LogP contribution in [0.25, 0.3) is 11.0 Å². The van der Waals surface area contributed by atoms with Crippen LogP contribution in [0.5, 0.6) is 6.01 Å². The molecule has 1 aromatic carbocycles. The number of ether oxygens (including phenoxy) is 2. The van der Waals surface area contributed by atoms with E-state index >= 15 is 0 Å². The van der Waals surface area contributed by atoms with Crippen LogP contribution in [0.2, 0.25) is 0 Å². The minimum absolute atomic E-state index is 0.223. The largest absolute Gasteiger partial charge is 0.464 e. The zero-order chi connectivity index (χ0) is 17.2. The van der Waals surface area contributed by atoms with Crippen LogP contribution in [0.4, 0.5) is 4.79 Å². The summed E-state index contributed by atoms with van der Waals surface area (Å²) in [4.78, 5) is 21.4. The van der Waals surface area contributed by atoms with Gasteiger partial charge in [0.25, 0.3) is 6.01 Å². The predicted molar refractivity (Wildman–Crippen MR) is 92.1 cm³/mol. The molecule has 130 valence electrons. The van der Waals surface area contributed by atoms with Gasteiger partial charge in [-0.3, -0.25) is 0 Å². The Morgan fingerprint density at radius 3 is 2.67 bits per heavy atom. The molecule has 3 rings (SSSR count). The lowest BCUT2D eigenvalue weighted by Crippen LogP contribution is -2.42. The number of benzene rings is 1.